The van der Waals surface area contributed by atoms with E-state index in [1.54, 1.807) is 18.2 Å². The molecule has 0 aliphatic carbocycles. The molecule has 1 N–H and O–H groups in total. The average Bonchev–Trinajstić information content (AvgIpc) is 2.65. The van der Waals surface area contributed by atoms with Crippen molar-refractivity contribution in [2.24, 2.45) is 0 Å². The van der Waals surface area contributed by atoms with Gasteiger partial charge in [-0.05, 0) is 55.5 Å². The molecule has 3 rings (SSSR count). The van der Waals surface area contributed by atoms with E-state index in [0.29, 0.717) is 11.4 Å². The van der Waals surface area contributed by atoms with Gasteiger partial charge in [-0.2, -0.15) is 0 Å². The third-order valence-corrected chi connectivity index (χ3v) is 4.19. The van der Waals surface area contributed by atoms with Crippen molar-refractivity contribution in [1.82, 2.24) is 10.2 Å². The second-order valence-corrected chi connectivity index (χ2v) is 6.23. The molecule has 0 unspecified atom stereocenters. The number of benzene rings is 2. The van der Waals surface area contributed by atoms with Crippen LogP contribution in [0, 0.1) is 0 Å². The molecule has 0 saturated heterocycles. The highest BCUT2D eigenvalue weighted by atomic mass is 79.9. The normalized spacial score (nSPS) is 10.3. The molecule has 0 radical (unpaired) electrons. The standard InChI is InChI=1S/C19H17BrN4O/c1-2-24(16-6-4-3-5-7-16)18-13-12-17(22-23-18)21-19(25)14-8-10-15(20)11-9-14/h3-13H,2H2,1H3,(H,21,22,25). The van der Waals surface area contributed by atoms with E-state index in [0.717, 1.165) is 22.5 Å². The van der Waals surface area contributed by atoms with Gasteiger partial charge in [0.25, 0.3) is 5.91 Å². The first-order chi connectivity index (χ1) is 12.2. The van der Waals surface area contributed by atoms with Crippen LogP contribution in [-0.4, -0.2) is 22.6 Å². The van der Waals surface area contributed by atoms with Crippen molar-refractivity contribution in [1.29, 1.82) is 0 Å². The van der Waals surface area contributed by atoms with Crippen LogP contribution in [0.5, 0.6) is 0 Å². The van der Waals surface area contributed by atoms with Crippen LogP contribution in [0.25, 0.3) is 0 Å². The molecule has 0 aliphatic heterocycles. The minimum absolute atomic E-state index is 0.218. The summed E-state index contributed by atoms with van der Waals surface area (Å²) >= 11 is 3.35. The summed E-state index contributed by atoms with van der Waals surface area (Å²) < 4.78 is 0.925. The van der Waals surface area contributed by atoms with Crippen LogP contribution in [0.1, 0.15) is 17.3 Å². The Hall–Kier alpha value is -2.73. The van der Waals surface area contributed by atoms with Crippen molar-refractivity contribution in [3.63, 3.8) is 0 Å². The van der Waals surface area contributed by atoms with E-state index in [9.17, 15) is 4.79 Å². The van der Waals surface area contributed by atoms with Crippen LogP contribution in [0.3, 0.4) is 0 Å². The number of anilines is 3. The number of nitrogens with zero attached hydrogens (tertiary/aromatic N) is 3. The largest absolute Gasteiger partial charge is 0.325 e. The fraction of sp³-hybridized carbons (Fsp3) is 0.105. The Labute approximate surface area is 154 Å². The maximum Gasteiger partial charge on any atom is 0.256 e. The van der Waals surface area contributed by atoms with Crippen molar-refractivity contribution < 1.29 is 4.79 Å². The summed E-state index contributed by atoms with van der Waals surface area (Å²) in [6.07, 6.45) is 0. The Morgan fingerprint density at radius 3 is 2.32 bits per heavy atom. The topological polar surface area (TPSA) is 58.1 Å². The molecule has 0 atom stereocenters. The highest BCUT2D eigenvalue weighted by molar-refractivity contribution is 9.10. The van der Waals surface area contributed by atoms with Gasteiger partial charge in [0.05, 0.1) is 0 Å². The van der Waals surface area contributed by atoms with Gasteiger partial charge >= 0.3 is 0 Å². The van der Waals surface area contributed by atoms with Gasteiger partial charge < -0.3 is 10.2 Å². The molecule has 0 aliphatic rings. The van der Waals surface area contributed by atoms with E-state index in [1.165, 1.54) is 0 Å². The first-order valence-corrected chi connectivity index (χ1v) is 8.70. The number of rotatable bonds is 5. The number of hydrogen-bond donors (Lipinski definition) is 1. The zero-order valence-corrected chi connectivity index (χ0v) is 15.3. The number of aromatic nitrogens is 2. The lowest BCUT2D eigenvalue weighted by atomic mass is 10.2. The Morgan fingerprint density at radius 2 is 1.72 bits per heavy atom. The summed E-state index contributed by atoms with van der Waals surface area (Å²) in [7, 11) is 0. The Morgan fingerprint density at radius 1 is 1.00 bits per heavy atom. The number of halogens is 1. The molecule has 0 spiro atoms. The summed E-state index contributed by atoms with van der Waals surface area (Å²) in [5, 5.41) is 11.1. The zero-order valence-electron chi connectivity index (χ0n) is 13.7. The van der Waals surface area contributed by atoms with Gasteiger partial charge in [0.15, 0.2) is 11.6 Å². The van der Waals surface area contributed by atoms with Gasteiger partial charge in [-0.25, -0.2) is 0 Å². The lowest BCUT2D eigenvalue weighted by Gasteiger charge is -2.21. The first-order valence-electron chi connectivity index (χ1n) is 7.90. The predicted molar refractivity (Wildman–Crippen MR) is 103 cm³/mol. The van der Waals surface area contributed by atoms with Crippen LogP contribution < -0.4 is 10.2 Å². The fourth-order valence-corrected chi connectivity index (χ4v) is 2.67. The van der Waals surface area contributed by atoms with Gasteiger partial charge in [-0.3, -0.25) is 4.79 Å². The third-order valence-electron chi connectivity index (χ3n) is 3.66. The zero-order chi connectivity index (χ0) is 17.6. The summed E-state index contributed by atoms with van der Waals surface area (Å²) in [6, 6.07) is 20.7. The number of carbonyl (C=O) groups is 1. The lowest BCUT2D eigenvalue weighted by Crippen LogP contribution is -2.18. The van der Waals surface area contributed by atoms with Gasteiger partial charge in [0.1, 0.15) is 0 Å². The number of carbonyl (C=O) groups excluding carboxylic acids is 1. The Balaban J connectivity index is 1.73. The van der Waals surface area contributed by atoms with E-state index in [2.05, 4.69) is 38.4 Å². The summed E-state index contributed by atoms with van der Waals surface area (Å²) in [6.45, 7) is 2.82. The summed E-state index contributed by atoms with van der Waals surface area (Å²) in [5.41, 5.74) is 1.61. The monoisotopic (exact) mass is 396 g/mol. The van der Waals surface area contributed by atoms with Gasteiger partial charge in [0, 0.05) is 22.3 Å². The number of para-hydroxylation sites is 1. The van der Waals surface area contributed by atoms with Crippen LogP contribution >= 0.6 is 15.9 Å². The molecular formula is C19H17BrN4O. The third kappa shape index (κ3) is 4.22. The van der Waals surface area contributed by atoms with Crippen LogP contribution in [0.15, 0.2) is 71.2 Å². The van der Waals surface area contributed by atoms with Crippen molar-refractivity contribution in [3.8, 4) is 0 Å². The minimum atomic E-state index is -0.218. The molecule has 0 saturated carbocycles. The second kappa shape index (κ2) is 7.90. The second-order valence-electron chi connectivity index (χ2n) is 5.32. The SMILES string of the molecule is CCN(c1ccccc1)c1ccc(NC(=O)c2ccc(Br)cc2)nn1. The highest BCUT2D eigenvalue weighted by Gasteiger charge is 2.11. The Bertz CT molecular complexity index is 836. The number of nitrogens with one attached hydrogen (secondary N) is 1. The molecule has 2 aromatic carbocycles. The molecule has 6 heteroatoms. The maximum absolute atomic E-state index is 12.2. The predicted octanol–water partition coefficient (Wildman–Crippen LogP) is 4.65. The molecule has 126 valence electrons. The Kier molecular flexibility index (Phi) is 5.40. The fourth-order valence-electron chi connectivity index (χ4n) is 2.41. The van der Waals surface area contributed by atoms with Gasteiger partial charge in [-0.15, -0.1) is 10.2 Å². The van der Waals surface area contributed by atoms with Crippen molar-refractivity contribution >= 4 is 39.2 Å². The minimum Gasteiger partial charge on any atom is -0.325 e. The van der Waals surface area contributed by atoms with E-state index in [1.807, 2.05) is 53.4 Å². The van der Waals surface area contributed by atoms with Gasteiger partial charge in [0.2, 0.25) is 0 Å². The lowest BCUT2D eigenvalue weighted by molar-refractivity contribution is 0.102. The van der Waals surface area contributed by atoms with Crippen LogP contribution in [0.2, 0.25) is 0 Å². The molecule has 0 fully saturated rings. The summed E-state index contributed by atoms with van der Waals surface area (Å²) in [5.74, 6) is 0.932. The molecule has 0 bridgehead atoms. The van der Waals surface area contributed by atoms with E-state index in [4.69, 9.17) is 0 Å². The maximum atomic E-state index is 12.2. The summed E-state index contributed by atoms with van der Waals surface area (Å²) in [4.78, 5) is 14.3. The van der Waals surface area contributed by atoms with Gasteiger partial charge in [-0.1, -0.05) is 34.1 Å². The molecule has 1 aromatic heterocycles. The quantitative estimate of drug-likeness (QED) is 0.681. The van der Waals surface area contributed by atoms with Crippen molar-refractivity contribution in [2.75, 3.05) is 16.8 Å². The molecule has 1 heterocycles. The molecular weight excluding hydrogens is 380 g/mol. The van der Waals surface area contributed by atoms with Crippen molar-refractivity contribution in [3.05, 3.63) is 76.8 Å². The van der Waals surface area contributed by atoms with Crippen LogP contribution in [0.4, 0.5) is 17.3 Å². The average molecular weight is 397 g/mol. The molecule has 1 amide bonds. The smallest absolute Gasteiger partial charge is 0.256 e. The van der Waals surface area contributed by atoms with Crippen LogP contribution in [-0.2, 0) is 0 Å². The highest BCUT2D eigenvalue weighted by Crippen LogP contribution is 2.22. The molecule has 25 heavy (non-hydrogen) atoms. The molecule has 5 nitrogen and oxygen atoms in total. The first kappa shape index (κ1) is 17.1. The van der Waals surface area contributed by atoms with E-state index >= 15 is 0 Å². The number of amides is 1. The van der Waals surface area contributed by atoms with E-state index in [-0.39, 0.29) is 5.91 Å². The van der Waals surface area contributed by atoms with Crippen molar-refractivity contribution in [2.45, 2.75) is 6.92 Å². The van der Waals surface area contributed by atoms with E-state index < -0.39 is 0 Å². The number of hydrogen-bond acceptors (Lipinski definition) is 4. The molecule has 3 aromatic rings.